The Morgan fingerprint density at radius 2 is 1.53 bits per heavy atom. The highest BCUT2D eigenvalue weighted by atomic mass is 35.5. The molecule has 2 N–H and O–H groups in total. The van der Waals surface area contributed by atoms with Crippen molar-refractivity contribution in [1.82, 2.24) is 0 Å². The Balaban J connectivity index is 2.10. The van der Waals surface area contributed by atoms with Gasteiger partial charge in [-0.1, -0.05) is 42.0 Å². The van der Waals surface area contributed by atoms with E-state index in [0.29, 0.717) is 5.69 Å². The molecule has 3 nitrogen and oxygen atoms in total. The largest absolute Gasteiger partial charge is 0.335 e. The minimum absolute atomic E-state index is 0.577. The maximum Gasteiger partial charge on any atom is 0.335 e. The monoisotopic (exact) mass is 274 g/mol. The molecule has 2 rings (SSSR count). The Bertz CT molecular complexity index is 564. The molecule has 2 aromatic carbocycles. The molecule has 0 bridgehead atoms. The van der Waals surface area contributed by atoms with Gasteiger partial charge in [-0.3, -0.25) is 4.79 Å². The van der Waals surface area contributed by atoms with Gasteiger partial charge in [-0.25, -0.2) is 10.9 Å². The van der Waals surface area contributed by atoms with E-state index in [9.17, 15) is 4.79 Å². The summed E-state index contributed by atoms with van der Waals surface area (Å²) < 4.78 is 0. The first kappa shape index (κ1) is 13.6. The molecule has 0 saturated heterocycles. The van der Waals surface area contributed by atoms with Crippen molar-refractivity contribution in [3.8, 4) is 0 Å². The van der Waals surface area contributed by atoms with Crippen molar-refractivity contribution in [2.45, 2.75) is 13.3 Å². The number of amides is 1. The number of carbonyl (C=O) groups is 1. The number of hydrogen-bond acceptors (Lipinski definition) is 2. The fraction of sp³-hybridized carbons (Fsp3) is 0.133. The molecule has 0 fully saturated rings. The Hall–Kier alpha value is -1.84. The molecular formula is C15H15ClN2O. The van der Waals surface area contributed by atoms with Gasteiger partial charge in [0.1, 0.15) is 0 Å². The summed E-state index contributed by atoms with van der Waals surface area (Å²) in [5.74, 6) is 5.51. The van der Waals surface area contributed by atoms with E-state index in [1.165, 1.54) is 11.1 Å². The van der Waals surface area contributed by atoms with Gasteiger partial charge in [0.05, 0.1) is 5.69 Å². The number of hydrazine groups is 1. The molecule has 0 radical (unpaired) electrons. The van der Waals surface area contributed by atoms with Crippen molar-refractivity contribution in [2.24, 2.45) is 5.84 Å². The molecular weight excluding hydrogens is 260 g/mol. The maximum atomic E-state index is 10.9. The molecule has 0 heterocycles. The number of hydrogen-bond donors (Lipinski definition) is 1. The summed E-state index contributed by atoms with van der Waals surface area (Å²) in [7, 11) is 0. The molecule has 0 atom stereocenters. The van der Waals surface area contributed by atoms with Crippen LogP contribution in [0.1, 0.15) is 16.7 Å². The van der Waals surface area contributed by atoms with E-state index in [-0.39, 0.29) is 0 Å². The lowest BCUT2D eigenvalue weighted by Crippen LogP contribution is -2.32. The highest BCUT2D eigenvalue weighted by molar-refractivity contribution is 6.65. The first-order valence-corrected chi connectivity index (χ1v) is 6.33. The van der Waals surface area contributed by atoms with E-state index in [1.807, 2.05) is 12.1 Å². The fourth-order valence-electron chi connectivity index (χ4n) is 1.82. The van der Waals surface area contributed by atoms with E-state index in [0.717, 1.165) is 17.0 Å². The summed E-state index contributed by atoms with van der Waals surface area (Å²) in [6, 6.07) is 15.9. The molecule has 2 aromatic rings. The number of halogens is 1. The first-order chi connectivity index (χ1) is 9.06. The molecule has 1 amide bonds. The second kappa shape index (κ2) is 5.87. The number of nitrogens with two attached hydrogens (primary N) is 1. The Kier molecular flexibility index (Phi) is 4.20. The van der Waals surface area contributed by atoms with E-state index in [1.54, 1.807) is 12.1 Å². The van der Waals surface area contributed by atoms with Gasteiger partial charge in [0.2, 0.25) is 0 Å². The van der Waals surface area contributed by atoms with Crippen molar-refractivity contribution in [3.05, 3.63) is 65.2 Å². The van der Waals surface area contributed by atoms with E-state index in [2.05, 4.69) is 31.2 Å². The van der Waals surface area contributed by atoms with Crippen LogP contribution in [0.2, 0.25) is 0 Å². The minimum Gasteiger partial charge on any atom is -0.254 e. The fourth-order valence-corrected chi connectivity index (χ4v) is 1.92. The van der Waals surface area contributed by atoms with Gasteiger partial charge in [0.25, 0.3) is 0 Å². The van der Waals surface area contributed by atoms with Crippen LogP contribution in [-0.2, 0) is 6.42 Å². The lowest BCUT2D eigenvalue weighted by Gasteiger charge is -2.13. The average molecular weight is 275 g/mol. The van der Waals surface area contributed by atoms with Gasteiger partial charge in [-0.15, -0.1) is 0 Å². The average Bonchev–Trinajstić information content (AvgIpc) is 2.41. The van der Waals surface area contributed by atoms with Gasteiger partial charge in [0, 0.05) is 0 Å². The number of anilines is 1. The van der Waals surface area contributed by atoms with Crippen LogP contribution in [0, 0.1) is 6.92 Å². The summed E-state index contributed by atoms with van der Waals surface area (Å²) in [4.78, 5) is 10.9. The van der Waals surface area contributed by atoms with Gasteiger partial charge < -0.3 is 0 Å². The zero-order valence-corrected chi connectivity index (χ0v) is 11.4. The van der Waals surface area contributed by atoms with Crippen LogP contribution in [0.5, 0.6) is 0 Å². The predicted molar refractivity (Wildman–Crippen MR) is 78.3 cm³/mol. The Morgan fingerprint density at radius 1 is 1.05 bits per heavy atom. The highest BCUT2D eigenvalue weighted by Gasteiger charge is 2.07. The first-order valence-electron chi connectivity index (χ1n) is 5.95. The third kappa shape index (κ3) is 3.56. The molecule has 0 spiro atoms. The van der Waals surface area contributed by atoms with Gasteiger partial charge in [-0.2, -0.15) is 0 Å². The van der Waals surface area contributed by atoms with Crippen molar-refractivity contribution < 1.29 is 4.79 Å². The summed E-state index contributed by atoms with van der Waals surface area (Å²) in [6.45, 7) is 2.07. The van der Waals surface area contributed by atoms with Crippen molar-refractivity contribution in [1.29, 1.82) is 0 Å². The standard InChI is InChI=1S/C15H15ClN2O/c1-11-2-4-12(5-3-11)10-13-6-8-14(9-7-13)18(17)15(16)19/h2-9H,10,17H2,1H3. The van der Waals surface area contributed by atoms with E-state index in [4.69, 9.17) is 17.4 Å². The van der Waals surface area contributed by atoms with Gasteiger partial charge >= 0.3 is 5.37 Å². The number of benzene rings is 2. The minimum atomic E-state index is -0.703. The third-order valence-electron chi connectivity index (χ3n) is 2.93. The second-order valence-electron chi connectivity index (χ2n) is 4.45. The SMILES string of the molecule is Cc1ccc(Cc2ccc(N(N)C(=O)Cl)cc2)cc1. The molecule has 0 aliphatic carbocycles. The Labute approximate surface area is 117 Å². The molecule has 19 heavy (non-hydrogen) atoms. The van der Waals surface area contributed by atoms with Crippen molar-refractivity contribution in [3.63, 3.8) is 0 Å². The van der Waals surface area contributed by atoms with E-state index >= 15 is 0 Å². The summed E-state index contributed by atoms with van der Waals surface area (Å²) in [6.07, 6.45) is 0.847. The van der Waals surface area contributed by atoms with Crippen LogP contribution in [0.3, 0.4) is 0 Å². The van der Waals surface area contributed by atoms with Crippen molar-refractivity contribution in [2.75, 3.05) is 5.01 Å². The van der Waals surface area contributed by atoms with Crippen LogP contribution in [0.25, 0.3) is 0 Å². The predicted octanol–water partition coefficient (Wildman–Crippen LogP) is 3.62. The quantitative estimate of drug-likeness (QED) is 0.305. The van der Waals surface area contributed by atoms with Crippen molar-refractivity contribution >= 4 is 22.7 Å². The normalized spacial score (nSPS) is 10.3. The number of aryl methyl sites for hydroxylation is 1. The van der Waals surface area contributed by atoms with E-state index < -0.39 is 5.37 Å². The van der Waals surface area contributed by atoms with Gasteiger partial charge in [-0.05, 0) is 48.2 Å². The third-order valence-corrected chi connectivity index (χ3v) is 3.11. The molecule has 0 aliphatic heterocycles. The lowest BCUT2D eigenvalue weighted by molar-refractivity contribution is 0.264. The van der Waals surface area contributed by atoms with Crippen LogP contribution in [0.4, 0.5) is 10.5 Å². The molecule has 4 heteroatoms. The molecule has 0 aliphatic rings. The molecule has 0 aromatic heterocycles. The summed E-state index contributed by atoms with van der Waals surface area (Å²) in [5.41, 5.74) is 4.23. The molecule has 0 saturated carbocycles. The zero-order chi connectivity index (χ0) is 13.8. The van der Waals surface area contributed by atoms with Crippen LogP contribution in [0.15, 0.2) is 48.5 Å². The topological polar surface area (TPSA) is 46.3 Å². The summed E-state index contributed by atoms with van der Waals surface area (Å²) in [5, 5.41) is 0.211. The zero-order valence-electron chi connectivity index (χ0n) is 10.6. The summed E-state index contributed by atoms with van der Waals surface area (Å²) >= 11 is 5.31. The molecule has 98 valence electrons. The Morgan fingerprint density at radius 3 is 2.00 bits per heavy atom. The number of carbonyl (C=O) groups excluding carboxylic acids is 1. The van der Waals surface area contributed by atoms with Gasteiger partial charge in [0.15, 0.2) is 0 Å². The van der Waals surface area contributed by atoms with Crippen LogP contribution >= 0.6 is 11.6 Å². The number of rotatable bonds is 3. The van der Waals surface area contributed by atoms with Crippen LogP contribution < -0.4 is 10.9 Å². The van der Waals surface area contributed by atoms with Crippen LogP contribution in [-0.4, -0.2) is 5.37 Å². The second-order valence-corrected chi connectivity index (χ2v) is 4.78. The lowest BCUT2D eigenvalue weighted by atomic mass is 10.0. The maximum absolute atomic E-state index is 10.9. The highest BCUT2D eigenvalue weighted by Crippen LogP contribution is 2.16. The molecule has 0 unspecified atom stereocenters. The number of nitrogens with zero attached hydrogens (tertiary/aromatic N) is 1. The smallest absolute Gasteiger partial charge is 0.254 e.